The number of fused-ring (bicyclic) bond motifs is 1. The van der Waals surface area contributed by atoms with Gasteiger partial charge >= 0.3 is 0 Å². The van der Waals surface area contributed by atoms with Crippen molar-refractivity contribution in [1.82, 2.24) is 0 Å². The largest absolute Gasteiger partial charge is 0.300 e. The lowest BCUT2D eigenvalue weighted by molar-refractivity contribution is -0.116. The molecule has 0 saturated heterocycles. The van der Waals surface area contributed by atoms with Gasteiger partial charge in [0.15, 0.2) is 0 Å². The number of ketones is 1. The van der Waals surface area contributed by atoms with E-state index in [-0.39, 0.29) is 5.78 Å². The van der Waals surface area contributed by atoms with E-state index in [2.05, 4.69) is 0 Å². The third-order valence-corrected chi connectivity index (χ3v) is 3.73. The summed E-state index contributed by atoms with van der Waals surface area (Å²) in [5, 5.41) is 1.79. The predicted octanol–water partition coefficient (Wildman–Crippen LogP) is 3.69. The number of halogens is 1. The molecule has 0 amide bonds. The molecule has 2 aromatic rings. The van der Waals surface area contributed by atoms with Crippen molar-refractivity contribution < 1.29 is 4.79 Å². The molecule has 0 radical (unpaired) electrons. The Morgan fingerprint density at radius 3 is 2.79 bits per heavy atom. The molecule has 0 aliphatic rings. The second-order valence-corrected chi connectivity index (χ2v) is 4.73. The topological polar surface area (TPSA) is 17.1 Å². The number of Topliss-reactive ketones (excluding diaryl/α,β-unsaturated/α-hetero) is 1. The summed E-state index contributed by atoms with van der Waals surface area (Å²) in [5.41, 5.74) is 0. The maximum Gasteiger partial charge on any atom is 0.135 e. The van der Waals surface area contributed by atoms with E-state index in [9.17, 15) is 4.79 Å². The van der Waals surface area contributed by atoms with Crippen LogP contribution in [0.4, 0.5) is 0 Å². The zero-order chi connectivity index (χ0) is 10.1. The monoisotopic (exact) mass is 224 g/mol. The van der Waals surface area contributed by atoms with Crippen LogP contribution in [0.2, 0.25) is 5.02 Å². The molecule has 1 aromatic carbocycles. The first-order valence-corrected chi connectivity index (χ1v) is 5.53. The standard InChI is InChI=1S/C11H9ClOS/c1-7(13)6-10-11(12)8-4-2-3-5-9(8)14-10/h2-5H,6H2,1H3. The Balaban J connectivity index is 2.57. The van der Waals surface area contributed by atoms with E-state index >= 15 is 0 Å². The second-order valence-electron chi connectivity index (χ2n) is 3.21. The molecule has 0 atom stereocenters. The van der Waals surface area contributed by atoms with Crippen LogP contribution in [0.5, 0.6) is 0 Å². The summed E-state index contributed by atoms with van der Waals surface area (Å²) in [6.07, 6.45) is 0.443. The van der Waals surface area contributed by atoms with Gasteiger partial charge in [-0.3, -0.25) is 4.79 Å². The van der Waals surface area contributed by atoms with Crippen molar-refractivity contribution in [1.29, 1.82) is 0 Å². The molecule has 0 aliphatic heterocycles. The van der Waals surface area contributed by atoms with Crippen molar-refractivity contribution in [2.45, 2.75) is 13.3 Å². The van der Waals surface area contributed by atoms with Crippen LogP contribution in [0.3, 0.4) is 0 Å². The first-order valence-electron chi connectivity index (χ1n) is 4.34. The molecule has 1 heterocycles. The van der Waals surface area contributed by atoms with Crippen LogP contribution in [-0.2, 0) is 11.2 Å². The molecule has 72 valence electrons. The van der Waals surface area contributed by atoms with Gasteiger partial charge in [0.2, 0.25) is 0 Å². The number of hydrogen-bond donors (Lipinski definition) is 0. The highest BCUT2D eigenvalue weighted by Crippen LogP contribution is 2.35. The number of carbonyl (C=O) groups excluding carboxylic acids is 1. The van der Waals surface area contributed by atoms with Crippen molar-refractivity contribution in [3.8, 4) is 0 Å². The van der Waals surface area contributed by atoms with Gasteiger partial charge in [0.05, 0.1) is 5.02 Å². The molecule has 0 bridgehead atoms. The number of thiophene rings is 1. The quantitative estimate of drug-likeness (QED) is 0.761. The average molecular weight is 225 g/mol. The summed E-state index contributed by atoms with van der Waals surface area (Å²) in [7, 11) is 0. The summed E-state index contributed by atoms with van der Waals surface area (Å²) in [6.45, 7) is 1.58. The predicted molar refractivity (Wildman–Crippen MR) is 61.2 cm³/mol. The third kappa shape index (κ3) is 1.68. The van der Waals surface area contributed by atoms with Crippen LogP contribution in [0.1, 0.15) is 11.8 Å². The molecule has 0 spiro atoms. The number of carbonyl (C=O) groups is 1. The van der Waals surface area contributed by atoms with Crippen molar-refractivity contribution in [2.75, 3.05) is 0 Å². The molecule has 14 heavy (non-hydrogen) atoms. The SMILES string of the molecule is CC(=O)Cc1sc2ccccc2c1Cl. The minimum absolute atomic E-state index is 0.151. The molecule has 0 fully saturated rings. The summed E-state index contributed by atoms with van der Waals surface area (Å²) in [6, 6.07) is 7.94. The Hall–Kier alpha value is -0.860. The molecular formula is C11H9ClOS. The van der Waals surface area contributed by atoms with Crippen LogP contribution in [0.25, 0.3) is 10.1 Å². The van der Waals surface area contributed by atoms with Crippen LogP contribution in [0.15, 0.2) is 24.3 Å². The lowest BCUT2D eigenvalue weighted by atomic mass is 10.2. The van der Waals surface area contributed by atoms with Crippen LogP contribution in [-0.4, -0.2) is 5.78 Å². The fourth-order valence-electron chi connectivity index (χ4n) is 1.40. The third-order valence-electron chi connectivity index (χ3n) is 2.01. The van der Waals surface area contributed by atoms with Gasteiger partial charge in [0.25, 0.3) is 0 Å². The normalized spacial score (nSPS) is 10.7. The molecule has 0 unspecified atom stereocenters. The average Bonchev–Trinajstić information content (AvgIpc) is 2.44. The van der Waals surface area contributed by atoms with Gasteiger partial charge in [-0.25, -0.2) is 0 Å². The second kappa shape index (κ2) is 3.71. The van der Waals surface area contributed by atoms with Crippen LogP contribution in [0, 0.1) is 0 Å². The minimum atomic E-state index is 0.151. The summed E-state index contributed by atoms with van der Waals surface area (Å²) in [5.74, 6) is 0.151. The van der Waals surface area contributed by atoms with Gasteiger partial charge < -0.3 is 0 Å². The van der Waals surface area contributed by atoms with Crippen molar-refractivity contribution in [2.24, 2.45) is 0 Å². The highest BCUT2D eigenvalue weighted by atomic mass is 35.5. The Labute approximate surface area is 91.3 Å². The Kier molecular flexibility index (Phi) is 2.57. The molecule has 1 aromatic heterocycles. The molecule has 0 saturated carbocycles. The molecule has 0 aliphatic carbocycles. The smallest absolute Gasteiger partial charge is 0.135 e. The van der Waals surface area contributed by atoms with E-state index < -0.39 is 0 Å². The van der Waals surface area contributed by atoms with Gasteiger partial charge in [0, 0.05) is 21.4 Å². The Morgan fingerprint density at radius 1 is 1.43 bits per heavy atom. The van der Waals surface area contributed by atoms with Gasteiger partial charge in [-0.15, -0.1) is 11.3 Å². The number of hydrogen-bond acceptors (Lipinski definition) is 2. The fourth-order valence-corrected chi connectivity index (χ4v) is 2.97. The Morgan fingerprint density at radius 2 is 2.14 bits per heavy atom. The van der Waals surface area contributed by atoms with E-state index in [1.807, 2.05) is 24.3 Å². The first-order chi connectivity index (χ1) is 6.68. The summed E-state index contributed by atoms with van der Waals surface area (Å²) < 4.78 is 1.15. The summed E-state index contributed by atoms with van der Waals surface area (Å²) >= 11 is 7.76. The zero-order valence-corrected chi connectivity index (χ0v) is 9.28. The minimum Gasteiger partial charge on any atom is -0.300 e. The first kappa shape index (κ1) is 9.69. The molecule has 1 nitrogen and oxygen atoms in total. The van der Waals surface area contributed by atoms with Gasteiger partial charge in [0.1, 0.15) is 5.78 Å². The van der Waals surface area contributed by atoms with E-state index in [0.29, 0.717) is 6.42 Å². The van der Waals surface area contributed by atoms with Crippen molar-refractivity contribution in [3.05, 3.63) is 34.2 Å². The molecule has 3 heteroatoms. The molecule has 2 rings (SSSR count). The fraction of sp³-hybridized carbons (Fsp3) is 0.182. The van der Waals surface area contributed by atoms with Crippen molar-refractivity contribution in [3.63, 3.8) is 0 Å². The van der Waals surface area contributed by atoms with Crippen molar-refractivity contribution >= 4 is 38.8 Å². The van der Waals surface area contributed by atoms with Gasteiger partial charge in [-0.1, -0.05) is 29.8 Å². The summed E-state index contributed by atoms with van der Waals surface area (Å²) in [4.78, 5) is 12.0. The van der Waals surface area contributed by atoms with Gasteiger partial charge in [-0.05, 0) is 13.0 Å². The highest BCUT2D eigenvalue weighted by Gasteiger charge is 2.10. The Bertz CT molecular complexity index is 487. The maximum atomic E-state index is 11.0. The van der Waals surface area contributed by atoms with Crippen LogP contribution < -0.4 is 0 Å². The lowest BCUT2D eigenvalue weighted by Crippen LogP contribution is -1.93. The van der Waals surface area contributed by atoms with Crippen LogP contribution >= 0.6 is 22.9 Å². The maximum absolute atomic E-state index is 11.0. The molecule has 0 N–H and O–H groups in total. The van der Waals surface area contributed by atoms with Gasteiger partial charge in [-0.2, -0.15) is 0 Å². The van der Waals surface area contributed by atoms with E-state index in [4.69, 9.17) is 11.6 Å². The lowest BCUT2D eigenvalue weighted by Gasteiger charge is -1.91. The molecular weight excluding hydrogens is 216 g/mol. The van der Waals surface area contributed by atoms with E-state index in [1.54, 1.807) is 18.3 Å². The van der Waals surface area contributed by atoms with E-state index in [0.717, 1.165) is 20.0 Å². The highest BCUT2D eigenvalue weighted by molar-refractivity contribution is 7.19. The number of rotatable bonds is 2. The van der Waals surface area contributed by atoms with E-state index in [1.165, 1.54) is 0 Å². The zero-order valence-electron chi connectivity index (χ0n) is 7.71. The number of benzene rings is 1.